The number of carbonyl (C=O) groups is 1. The fourth-order valence-electron chi connectivity index (χ4n) is 0.290. The van der Waals surface area contributed by atoms with Gasteiger partial charge in [0.1, 0.15) is 6.61 Å². The largest absolute Gasteiger partial charge is 0.448 e. The van der Waals surface area contributed by atoms with E-state index in [9.17, 15) is 4.79 Å². The summed E-state index contributed by atoms with van der Waals surface area (Å²) in [5.74, 6) is 0. The number of hydrogen-bond donors (Lipinski definition) is 2. The van der Waals surface area contributed by atoms with E-state index in [1.165, 1.54) is 0 Å². The normalized spacial score (nSPS) is 12.7. The average Bonchev–Trinajstić information content (AvgIpc) is 1.83. The van der Waals surface area contributed by atoms with Crippen molar-refractivity contribution in [2.45, 2.75) is 13.0 Å². The van der Waals surface area contributed by atoms with E-state index in [4.69, 9.17) is 5.73 Å². The van der Waals surface area contributed by atoms with Crippen LogP contribution in [0.4, 0.5) is 4.79 Å². The molecular formula is C5H12N2O2. The van der Waals surface area contributed by atoms with Gasteiger partial charge in [-0.25, -0.2) is 4.79 Å². The van der Waals surface area contributed by atoms with E-state index in [2.05, 4.69) is 10.1 Å². The molecule has 3 N–H and O–H groups in total. The minimum atomic E-state index is -0.725. The Balaban J connectivity index is 3.16. The van der Waals surface area contributed by atoms with Crippen LogP contribution in [0.1, 0.15) is 6.92 Å². The highest BCUT2D eigenvalue weighted by molar-refractivity contribution is 5.64. The molecule has 0 aromatic rings. The van der Waals surface area contributed by atoms with E-state index in [1.807, 2.05) is 6.92 Å². The molecule has 0 radical (unpaired) electrons. The summed E-state index contributed by atoms with van der Waals surface area (Å²) in [7, 11) is 1.79. The number of hydrogen-bond acceptors (Lipinski definition) is 3. The van der Waals surface area contributed by atoms with Crippen molar-refractivity contribution in [3.8, 4) is 0 Å². The molecule has 4 nitrogen and oxygen atoms in total. The summed E-state index contributed by atoms with van der Waals surface area (Å²) in [6.07, 6.45) is -0.725. The molecule has 0 saturated carbocycles. The van der Waals surface area contributed by atoms with Gasteiger partial charge in [0.2, 0.25) is 0 Å². The third-order valence-corrected chi connectivity index (χ3v) is 0.968. The van der Waals surface area contributed by atoms with Crippen LogP contribution >= 0.6 is 0 Å². The molecule has 0 rings (SSSR count). The van der Waals surface area contributed by atoms with E-state index < -0.39 is 6.09 Å². The Bertz CT molecular complexity index is 95.0. The van der Waals surface area contributed by atoms with Crippen LogP contribution < -0.4 is 11.1 Å². The smallest absolute Gasteiger partial charge is 0.404 e. The number of nitrogens with two attached hydrogens (primary N) is 1. The second kappa shape index (κ2) is 4.14. The van der Waals surface area contributed by atoms with Gasteiger partial charge >= 0.3 is 6.09 Å². The van der Waals surface area contributed by atoms with Gasteiger partial charge in [-0.15, -0.1) is 0 Å². The first-order valence-electron chi connectivity index (χ1n) is 2.76. The van der Waals surface area contributed by atoms with Crippen molar-refractivity contribution in [2.24, 2.45) is 5.73 Å². The number of nitrogens with one attached hydrogen (secondary N) is 1. The van der Waals surface area contributed by atoms with Gasteiger partial charge in [0, 0.05) is 6.04 Å². The third-order valence-electron chi connectivity index (χ3n) is 0.968. The van der Waals surface area contributed by atoms with E-state index in [-0.39, 0.29) is 6.04 Å². The van der Waals surface area contributed by atoms with Crippen LogP contribution in [0.2, 0.25) is 0 Å². The molecule has 0 bridgehead atoms. The molecule has 4 heteroatoms. The Kier molecular flexibility index (Phi) is 3.79. The van der Waals surface area contributed by atoms with Crippen molar-refractivity contribution >= 4 is 6.09 Å². The molecule has 0 aliphatic carbocycles. The number of primary amides is 1. The zero-order chi connectivity index (χ0) is 7.28. The molecule has 0 aromatic heterocycles. The van der Waals surface area contributed by atoms with Gasteiger partial charge in [0.05, 0.1) is 0 Å². The first kappa shape index (κ1) is 8.23. The van der Waals surface area contributed by atoms with Crippen LogP contribution in [0, 0.1) is 0 Å². The Hall–Kier alpha value is -0.770. The number of carbonyl (C=O) groups excluding carboxylic acids is 1. The molecule has 0 aliphatic rings. The number of ether oxygens (including phenoxy) is 1. The molecular weight excluding hydrogens is 120 g/mol. The van der Waals surface area contributed by atoms with Crippen molar-refractivity contribution in [2.75, 3.05) is 13.7 Å². The maximum absolute atomic E-state index is 9.99. The predicted octanol–water partition coefficient (Wildman–Crippen LogP) is -0.310. The zero-order valence-corrected chi connectivity index (χ0v) is 5.68. The van der Waals surface area contributed by atoms with Crippen LogP contribution in [0.5, 0.6) is 0 Å². The Morgan fingerprint density at radius 1 is 1.89 bits per heavy atom. The Labute approximate surface area is 54.4 Å². The topological polar surface area (TPSA) is 64.3 Å². The SMILES string of the molecule is CN[C@@H](C)COC(N)=O. The van der Waals surface area contributed by atoms with Gasteiger partial charge in [0.15, 0.2) is 0 Å². The zero-order valence-electron chi connectivity index (χ0n) is 5.68. The fourth-order valence-corrected chi connectivity index (χ4v) is 0.290. The molecule has 1 amide bonds. The summed E-state index contributed by atoms with van der Waals surface area (Å²) in [4.78, 5) is 9.99. The molecule has 0 heterocycles. The first-order valence-corrected chi connectivity index (χ1v) is 2.76. The predicted molar refractivity (Wildman–Crippen MR) is 34.1 cm³/mol. The van der Waals surface area contributed by atoms with Gasteiger partial charge < -0.3 is 15.8 Å². The lowest BCUT2D eigenvalue weighted by molar-refractivity contribution is 0.147. The van der Waals surface area contributed by atoms with E-state index in [1.54, 1.807) is 7.05 Å². The van der Waals surface area contributed by atoms with Crippen LogP contribution in [0.15, 0.2) is 0 Å². The highest BCUT2D eigenvalue weighted by atomic mass is 16.5. The molecule has 0 aromatic carbocycles. The highest BCUT2D eigenvalue weighted by Gasteiger charge is 1.98. The van der Waals surface area contributed by atoms with E-state index >= 15 is 0 Å². The number of rotatable bonds is 3. The summed E-state index contributed by atoms with van der Waals surface area (Å²) >= 11 is 0. The third kappa shape index (κ3) is 5.10. The number of likely N-dealkylation sites (N-methyl/N-ethyl adjacent to an activating group) is 1. The lowest BCUT2D eigenvalue weighted by Gasteiger charge is -2.07. The molecule has 54 valence electrons. The highest BCUT2D eigenvalue weighted by Crippen LogP contribution is 1.80. The van der Waals surface area contributed by atoms with Gasteiger partial charge in [-0.2, -0.15) is 0 Å². The molecule has 0 aliphatic heterocycles. The summed E-state index contributed by atoms with van der Waals surface area (Å²) in [5, 5.41) is 2.89. The van der Waals surface area contributed by atoms with Crippen molar-refractivity contribution in [3.63, 3.8) is 0 Å². The van der Waals surface area contributed by atoms with Gasteiger partial charge in [0.25, 0.3) is 0 Å². The van der Waals surface area contributed by atoms with E-state index in [0.717, 1.165) is 0 Å². The van der Waals surface area contributed by atoms with Gasteiger partial charge in [-0.1, -0.05) is 0 Å². The summed E-state index contributed by atoms with van der Waals surface area (Å²) in [6, 6.07) is 0.164. The average molecular weight is 132 g/mol. The number of amides is 1. The molecule has 9 heavy (non-hydrogen) atoms. The summed E-state index contributed by atoms with van der Waals surface area (Å²) < 4.78 is 4.47. The van der Waals surface area contributed by atoms with Gasteiger partial charge in [-0.05, 0) is 14.0 Å². The summed E-state index contributed by atoms with van der Waals surface area (Å²) in [6.45, 7) is 2.22. The fraction of sp³-hybridized carbons (Fsp3) is 0.800. The van der Waals surface area contributed by atoms with Gasteiger partial charge in [-0.3, -0.25) is 0 Å². The minimum Gasteiger partial charge on any atom is -0.448 e. The second-order valence-electron chi connectivity index (χ2n) is 1.82. The lowest BCUT2D eigenvalue weighted by atomic mass is 10.4. The van der Waals surface area contributed by atoms with Crippen molar-refractivity contribution in [1.29, 1.82) is 0 Å². The monoisotopic (exact) mass is 132 g/mol. The van der Waals surface area contributed by atoms with Crippen molar-refractivity contribution in [3.05, 3.63) is 0 Å². The summed E-state index contributed by atoms with van der Waals surface area (Å²) in [5.41, 5.74) is 4.71. The van der Waals surface area contributed by atoms with Crippen molar-refractivity contribution < 1.29 is 9.53 Å². The van der Waals surface area contributed by atoms with Crippen LogP contribution in [-0.4, -0.2) is 25.8 Å². The Morgan fingerprint density at radius 2 is 2.44 bits per heavy atom. The molecule has 0 unspecified atom stereocenters. The van der Waals surface area contributed by atoms with Crippen molar-refractivity contribution in [1.82, 2.24) is 5.32 Å². The quantitative estimate of drug-likeness (QED) is 0.553. The second-order valence-corrected chi connectivity index (χ2v) is 1.82. The maximum atomic E-state index is 9.99. The van der Waals surface area contributed by atoms with Crippen LogP contribution in [0.3, 0.4) is 0 Å². The van der Waals surface area contributed by atoms with Crippen LogP contribution in [0.25, 0.3) is 0 Å². The maximum Gasteiger partial charge on any atom is 0.404 e. The molecule has 0 spiro atoms. The first-order chi connectivity index (χ1) is 4.16. The molecule has 1 atom stereocenters. The van der Waals surface area contributed by atoms with E-state index in [0.29, 0.717) is 6.61 Å². The standard InChI is InChI=1S/C5H12N2O2/c1-4(7-2)3-9-5(6)8/h4,7H,3H2,1-2H3,(H2,6,8)/t4-/m0/s1. The minimum absolute atomic E-state index is 0.164. The molecule has 0 saturated heterocycles. The molecule has 0 fully saturated rings. The lowest BCUT2D eigenvalue weighted by Crippen LogP contribution is -2.29. The van der Waals surface area contributed by atoms with Crippen LogP contribution in [-0.2, 0) is 4.74 Å². The Morgan fingerprint density at radius 3 is 2.78 bits per heavy atom.